The fourth-order valence-corrected chi connectivity index (χ4v) is 4.08. The maximum atomic E-state index is 13.9. The van der Waals surface area contributed by atoms with E-state index in [0.717, 1.165) is 24.5 Å². The van der Waals surface area contributed by atoms with Gasteiger partial charge in [0, 0.05) is 48.0 Å². The third kappa shape index (κ3) is 5.90. The molecule has 0 unspecified atom stereocenters. The summed E-state index contributed by atoms with van der Waals surface area (Å²) in [6, 6.07) is 10.9. The van der Waals surface area contributed by atoms with Crippen molar-refractivity contribution in [2.24, 2.45) is 5.73 Å². The number of nitrogens with zero attached hydrogens (tertiary/aromatic N) is 2. The van der Waals surface area contributed by atoms with Crippen LogP contribution in [0, 0.1) is 5.82 Å². The molecule has 1 fully saturated rings. The largest absolute Gasteiger partial charge is 0.339 e. The minimum Gasteiger partial charge on any atom is -0.339 e. The summed E-state index contributed by atoms with van der Waals surface area (Å²) in [5.41, 5.74) is 5.74. The summed E-state index contributed by atoms with van der Waals surface area (Å²) in [5, 5.41) is 0. The highest BCUT2D eigenvalue weighted by molar-refractivity contribution is 7.15. The third-order valence-corrected chi connectivity index (χ3v) is 5.49. The Morgan fingerprint density at radius 1 is 1.11 bits per heavy atom. The van der Waals surface area contributed by atoms with E-state index in [1.54, 1.807) is 31.3 Å². The standard InChI is InChI=1S/C19H24FN3OS.2ClH/c1-19(2,21)18(24)23-11-9-22(10-12-23)13-14-7-8-17(25-14)15-5-3-4-6-16(15)20;;/h3-8H,9-13,21H2,1-2H3;2*1H. The van der Waals surface area contributed by atoms with Crippen molar-refractivity contribution >= 4 is 42.1 Å². The van der Waals surface area contributed by atoms with Crippen LogP contribution in [0.15, 0.2) is 36.4 Å². The number of rotatable bonds is 4. The molecule has 0 saturated carbocycles. The van der Waals surface area contributed by atoms with Gasteiger partial charge in [0.25, 0.3) is 0 Å². The number of benzene rings is 1. The molecular weight excluding hydrogens is 408 g/mol. The number of piperazine rings is 1. The highest BCUT2D eigenvalue weighted by Crippen LogP contribution is 2.30. The Balaban J connectivity index is 0.00000182. The van der Waals surface area contributed by atoms with Gasteiger partial charge in [-0.25, -0.2) is 4.39 Å². The smallest absolute Gasteiger partial charge is 0.242 e. The van der Waals surface area contributed by atoms with E-state index in [4.69, 9.17) is 5.73 Å². The highest BCUT2D eigenvalue weighted by atomic mass is 35.5. The van der Waals surface area contributed by atoms with Gasteiger partial charge in [0.1, 0.15) is 5.82 Å². The predicted octanol–water partition coefficient (Wildman–Crippen LogP) is 3.78. The van der Waals surface area contributed by atoms with Crippen LogP contribution in [-0.4, -0.2) is 47.4 Å². The van der Waals surface area contributed by atoms with Crippen LogP contribution in [-0.2, 0) is 11.3 Å². The van der Waals surface area contributed by atoms with E-state index in [2.05, 4.69) is 11.0 Å². The van der Waals surface area contributed by atoms with Gasteiger partial charge in [-0.15, -0.1) is 36.2 Å². The summed E-state index contributed by atoms with van der Waals surface area (Å²) in [6.07, 6.45) is 0. The fourth-order valence-electron chi connectivity index (χ4n) is 3.01. The normalized spacial score (nSPS) is 15.0. The lowest BCUT2D eigenvalue weighted by Gasteiger charge is -2.37. The molecule has 1 aromatic heterocycles. The number of hydrogen-bond donors (Lipinski definition) is 1. The first-order valence-corrected chi connectivity index (χ1v) is 9.30. The summed E-state index contributed by atoms with van der Waals surface area (Å²) in [6.45, 7) is 7.38. The lowest BCUT2D eigenvalue weighted by atomic mass is 10.0. The quantitative estimate of drug-likeness (QED) is 0.797. The summed E-state index contributed by atoms with van der Waals surface area (Å²) in [5.74, 6) is -0.183. The Morgan fingerprint density at radius 2 is 1.74 bits per heavy atom. The molecule has 0 atom stereocenters. The van der Waals surface area contributed by atoms with Crippen molar-refractivity contribution in [2.75, 3.05) is 26.2 Å². The molecule has 27 heavy (non-hydrogen) atoms. The molecule has 0 spiro atoms. The van der Waals surface area contributed by atoms with Gasteiger partial charge in [-0.2, -0.15) is 0 Å². The van der Waals surface area contributed by atoms with Crippen molar-refractivity contribution in [3.8, 4) is 10.4 Å². The minimum absolute atomic E-state index is 0. The zero-order valence-corrected chi connectivity index (χ0v) is 17.9. The minimum atomic E-state index is -0.815. The van der Waals surface area contributed by atoms with Crippen LogP contribution >= 0.6 is 36.2 Å². The molecule has 4 nitrogen and oxygen atoms in total. The Hall–Kier alpha value is -1.18. The molecular formula is C19H26Cl2FN3OS. The van der Waals surface area contributed by atoms with Gasteiger partial charge in [-0.3, -0.25) is 9.69 Å². The lowest BCUT2D eigenvalue weighted by molar-refractivity contribution is -0.137. The highest BCUT2D eigenvalue weighted by Gasteiger charge is 2.30. The van der Waals surface area contributed by atoms with Crippen LogP contribution in [0.5, 0.6) is 0 Å². The molecule has 1 aliphatic heterocycles. The van der Waals surface area contributed by atoms with E-state index in [1.807, 2.05) is 23.1 Å². The van der Waals surface area contributed by atoms with Gasteiger partial charge in [0.15, 0.2) is 0 Å². The molecule has 2 aromatic rings. The van der Waals surface area contributed by atoms with Crippen molar-refractivity contribution in [2.45, 2.75) is 25.9 Å². The molecule has 1 saturated heterocycles. The number of halogens is 3. The SMILES string of the molecule is CC(C)(N)C(=O)N1CCN(Cc2ccc(-c3ccccc3F)s2)CC1.Cl.Cl. The van der Waals surface area contributed by atoms with E-state index < -0.39 is 5.54 Å². The topological polar surface area (TPSA) is 49.6 Å². The van der Waals surface area contributed by atoms with Gasteiger partial charge in [-0.05, 0) is 32.0 Å². The lowest BCUT2D eigenvalue weighted by Crippen LogP contribution is -2.56. The zero-order valence-electron chi connectivity index (χ0n) is 15.5. The second-order valence-electron chi connectivity index (χ2n) is 7.04. The van der Waals surface area contributed by atoms with E-state index in [0.29, 0.717) is 18.7 Å². The number of nitrogens with two attached hydrogens (primary N) is 1. The molecule has 2 heterocycles. The van der Waals surface area contributed by atoms with Crippen LogP contribution in [0.25, 0.3) is 10.4 Å². The number of amides is 1. The van der Waals surface area contributed by atoms with E-state index >= 15 is 0 Å². The monoisotopic (exact) mass is 433 g/mol. The van der Waals surface area contributed by atoms with Crippen LogP contribution in [0.4, 0.5) is 4.39 Å². The van der Waals surface area contributed by atoms with Gasteiger partial charge in [0.05, 0.1) is 5.54 Å². The molecule has 3 rings (SSSR count). The molecule has 1 aromatic carbocycles. The fraction of sp³-hybridized carbons (Fsp3) is 0.421. The van der Waals surface area contributed by atoms with Gasteiger partial charge < -0.3 is 10.6 Å². The molecule has 0 aliphatic carbocycles. The van der Waals surface area contributed by atoms with Crippen molar-refractivity contribution in [1.29, 1.82) is 0 Å². The van der Waals surface area contributed by atoms with Crippen molar-refractivity contribution in [3.05, 3.63) is 47.1 Å². The Kier molecular flexibility index (Phi) is 8.70. The first kappa shape index (κ1) is 23.9. The number of carbonyl (C=O) groups is 1. The Labute approximate surface area is 176 Å². The number of thiophene rings is 1. The Bertz CT molecular complexity index is 755. The van der Waals surface area contributed by atoms with Crippen LogP contribution < -0.4 is 5.73 Å². The van der Waals surface area contributed by atoms with Gasteiger partial charge in [0.2, 0.25) is 5.91 Å². The average Bonchev–Trinajstić information content (AvgIpc) is 3.03. The van der Waals surface area contributed by atoms with Crippen LogP contribution in [0.1, 0.15) is 18.7 Å². The summed E-state index contributed by atoms with van der Waals surface area (Å²) < 4.78 is 13.9. The summed E-state index contributed by atoms with van der Waals surface area (Å²) in [4.78, 5) is 18.5. The van der Waals surface area contributed by atoms with E-state index in [1.165, 1.54) is 10.9 Å². The zero-order chi connectivity index (χ0) is 18.0. The van der Waals surface area contributed by atoms with Gasteiger partial charge in [-0.1, -0.05) is 18.2 Å². The first-order valence-electron chi connectivity index (χ1n) is 8.49. The van der Waals surface area contributed by atoms with Crippen molar-refractivity contribution in [3.63, 3.8) is 0 Å². The number of hydrogen-bond acceptors (Lipinski definition) is 4. The summed E-state index contributed by atoms with van der Waals surface area (Å²) >= 11 is 1.62. The Morgan fingerprint density at radius 3 is 2.33 bits per heavy atom. The second kappa shape index (κ2) is 9.85. The number of carbonyl (C=O) groups excluding carboxylic acids is 1. The van der Waals surface area contributed by atoms with Crippen LogP contribution in [0.3, 0.4) is 0 Å². The first-order chi connectivity index (χ1) is 11.8. The molecule has 2 N–H and O–H groups in total. The molecule has 1 aliphatic rings. The van der Waals surface area contributed by atoms with Crippen molar-refractivity contribution < 1.29 is 9.18 Å². The second-order valence-corrected chi connectivity index (χ2v) is 8.20. The molecule has 150 valence electrons. The summed E-state index contributed by atoms with van der Waals surface area (Å²) in [7, 11) is 0. The maximum absolute atomic E-state index is 13.9. The molecule has 0 radical (unpaired) electrons. The molecule has 8 heteroatoms. The molecule has 1 amide bonds. The molecule has 0 bridgehead atoms. The van der Waals surface area contributed by atoms with Crippen molar-refractivity contribution in [1.82, 2.24) is 9.80 Å². The van der Waals surface area contributed by atoms with Crippen LogP contribution in [0.2, 0.25) is 0 Å². The van der Waals surface area contributed by atoms with E-state index in [-0.39, 0.29) is 36.5 Å². The predicted molar refractivity (Wildman–Crippen MR) is 114 cm³/mol. The van der Waals surface area contributed by atoms with Gasteiger partial charge >= 0.3 is 0 Å². The average molecular weight is 434 g/mol. The third-order valence-electron chi connectivity index (χ3n) is 4.39. The maximum Gasteiger partial charge on any atom is 0.242 e. The van der Waals surface area contributed by atoms with E-state index in [9.17, 15) is 9.18 Å².